The fourth-order valence-electron chi connectivity index (χ4n) is 4.06. The van der Waals surface area contributed by atoms with Crippen LogP contribution < -0.4 is 5.32 Å². The van der Waals surface area contributed by atoms with Crippen molar-refractivity contribution in [2.24, 2.45) is 5.92 Å². The number of rotatable bonds is 4. The Morgan fingerprint density at radius 3 is 2.64 bits per heavy atom. The first-order chi connectivity index (χ1) is 13.6. The maximum atomic E-state index is 12.9. The van der Waals surface area contributed by atoms with Crippen molar-refractivity contribution in [3.63, 3.8) is 0 Å². The SMILES string of the molecule is O=C(NC1CC1)C1CC(=O)N(C2CN(C(=O)c3nccc4ccccc34)C2)C1. The van der Waals surface area contributed by atoms with Gasteiger partial charge in [0.15, 0.2) is 0 Å². The second-order valence-corrected chi connectivity index (χ2v) is 7.97. The summed E-state index contributed by atoms with van der Waals surface area (Å²) in [6, 6.07) is 9.88. The largest absolute Gasteiger partial charge is 0.353 e. The van der Waals surface area contributed by atoms with E-state index >= 15 is 0 Å². The topological polar surface area (TPSA) is 82.6 Å². The highest BCUT2D eigenvalue weighted by Crippen LogP contribution is 2.28. The zero-order valence-corrected chi connectivity index (χ0v) is 15.5. The Bertz CT molecular complexity index is 960. The minimum absolute atomic E-state index is 0.00874. The maximum absolute atomic E-state index is 12.9. The molecule has 3 heterocycles. The second kappa shape index (κ2) is 6.58. The summed E-state index contributed by atoms with van der Waals surface area (Å²) in [7, 11) is 0. The number of nitrogens with one attached hydrogen (secondary N) is 1. The van der Waals surface area contributed by atoms with Gasteiger partial charge in [-0.1, -0.05) is 24.3 Å². The van der Waals surface area contributed by atoms with E-state index < -0.39 is 0 Å². The molecule has 1 N–H and O–H groups in total. The molecule has 7 heteroatoms. The number of pyridine rings is 1. The van der Waals surface area contributed by atoms with Crippen molar-refractivity contribution in [3.05, 3.63) is 42.2 Å². The minimum Gasteiger partial charge on any atom is -0.353 e. The Balaban J connectivity index is 1.23. The zero-order valence-electron chi connectivity index (χ0n) is 15.5. The second-order valence-electron chi connectivity index (χ2n) is 7.97. The van der Waals surface area contributed by atoms with Gasteiger partial charge in [-0.05, 0) is 24.3 Å². The van der Waals surface area contributed by atoms with E-state index in [0.29, 0.717) is 31.4 Å². The Morgan fingerprint density at radius 2 is 1.86 bits per heavy atom. The first kappa shape index (κ1) is 17.2. The van der Waals surface area contributed by atoms with E-state index in [9.17, 15) is 14.4 Å². The van der Waals surface area contributed by atoms with E-state index in [1.165, 1.54) is 0 Å². The van der Waals surface area contributed by atoms with Gasteiger partial charge < -0.3 is 15.1 Å². The first-order valence-electron chi connectivity index (χ1n) is 9.83. The molecule has 3 aliphatic rings. The van der Waals surface area contributed by atoms with Crippen LogP contribution in [0.15, 0.2) is 36.5 Å². The molecule has 5 rings (SSSR count). The van der Waals surface area contributed by atoms with E-state index in [1.807, 2.05) is 30.3 Å². The third kappa shape index (κ3) is 3.00. The molecule has 2 aromatic rings. The van der Waals surface area contributed by atoms with Gasteiger partial charge in [0.25, 0.3) is 5.91 Å². The number of hydrogen-bond acceptors (Lipinski definition) is 4. The fraction of sp³-hybridized carbons (Fsp3) is 0.429. The van der Waals surface area contributed by atoms with Gasteiger partial charge in [-0.15, -0.1) is 0 Å². The van der Waals surface area contributed by atoms with Gasteiger partial charge in [0, 0.05) is 43.7 Å². The summed E-state index contributed by atoms with van der Waals surface area (Å²) in [5.41, 5.74) is 0.450. The summed E-state index contributed by atoms with van der Waals surface area (Å²) >= 11 is 0. The Labute approximate surface area is 162 Å². The lowest BCUT2D eigenvalue weighted by atomic mass is 10.0. The number of likely N-dealkylation sites (tertiary alicyclic amines) is 2. The van der Waals surface area contributed by atoms with Crippen molar-refractivity contribution in [3.8, 4) is 0 Å². The van der Waals surface area contributed by atoms with Crippen molar-refractivity contribution in [1.29, 1.82) is 0 Å². The van der Waals surface area contributed by atoms with Gasteiger partial charge in [-0.25, -0.2) is 0 Å². The smallest absolute Gasteiger partial charge is 0.273 e. The van der Waals surface area contributed by atoms with Crippen molar-refractivity contribution in [2.45, 2.75) is 31.3 Å². The molecule has 7 nitrogen and oxygen atoms in total. The quantitative estimate of drug-likeness (QED) is 0.866. The predicted molar refractivity (Wildman–Crippen MR) is 102 cm³/mol. The molecule has 1 aromatic heterocycles. The van der Waals surface area contributed by atoms with E-state index in [1.54, 1.807) is 16.0 Å². The molecule has 0 bridgehead atoms. The number of nitrogens with zero attached hydrogens (tertiary/aromatic N) is 3. The molecule has 0 radical (unpaired) electrons. The molecule has 1 unspecified atom stereocenters. The molecular formula is C21H22N4O3. The molecule has 144 valence electrons. The number of benzene rings is 1. The van der Waals surface area contributed by atoms with Crippen LogP contribution in [0.4, 0.5) is 0 Å². The van der Waals surface area contributed by atoms with Crippen LogP contribution in [0.3, 0.4) is 0 Å². The molecule has 2 aliphatic heterocycles. The summed E-state index contributed by atoms with van der Waals surface area (Å²) < 4.78 is 0. The van der Waals surface area contributed by atoms with Crippen LogP contribution in [0.1, 0.15) is 29.8 Å². The lowest BCUT2D eigenvalue weighted by Crippen LogP contribution is -2.61. The molecule has 2 saturated heterocycles. The number of aromatic nitrogens is 1. The number of carbonyl (C=O) groups excluding carboxylic acids is 3. The van der Waals surface area contributed by atoms with Gasteiger partial charge in [-0.2, -0.15) is 0 Å². The van der Waals surface area contributed by atoms with Crippen molar-refractivity contribution < 1.29 is 14.4 Å². The lowest BCUT2D eigenvalue weighted by Gasteiger charge is -2.44. The monoisotopic (exact) mass is 378 g/mol. The summed E-state index contributed by atoms with van der Waals surface area (Å²) in [6.45, 7) is 1.44. The highest BCUT2D eigenvalue weighted by atomic mass is 16.2. The molecular weight excluding hydrogens is 356 g/mol. The Morgan fingerprint density at radius 1 is 1.07 bits per heavy atom. The van der Waals surface area contributed by atoms with Gasteiger partial charge in [0.1, 0.15) is 5.69 Å². The number of amides is 3. The van der Waals surface area contributed by atoms with Crippen molar-refractivity contribution >= 4 is 28.5 Å². The number of carbonyl (C=O) groups is 3. The minimum atomic E-state index is -0.266. The molecule has 28 heavy (non-hydrogen) atoms. The number of hydrogen-bond donors (Lipinski definition) is 1. The van der Waals surface area contributed by atoms with E-state index in [0.717, 1.165) is 23.6 Å². The summed E-state index contributed by atoms with van der Waals surface area (Å²) in [5.74, 6) is -0.373. The van der Waals surface area contributed by atoms with E-state index in [4.69, 9.17) is 0 Å². The van der Waals surface area contributed by atoms with Crippen LogP contribution in [0.2, 0.25) is 0 Å². The van der Waals surface area contributed by atoms with E-state index in [2.05, 4.69) is 10.3 Å². The first-order valence-corrected chi connectivity index (χ1v) is 9.83. The molecule has 3 fully saturated rings. The number of fused-ring (bicyclic) bond motifs is 1. The Kier molecular flexibility index (Phi) is 4.03. The lowest BCUT2D eigenvalue weighted by molar-refractivity contribution is -0.132. The average molecular weight is 378 g/mol. The maximum Gasteiger partial charge on any atom is 0.273 e. The molecule has 3 amide bonds. The molecule has 1 atom stereocenters. The molecule has 1 aromatic carbocycles. The van der Waals surface area contributed by atoms with Gasteiger partial charge >= 0.3 is 0 Å². The van der Waals surface area contributed by atoms with Crippen LogP contribution in [0.5, 0.6) is 0 Å². The summed E-state index contributed by atoms with van der Waals surface area (Å²) in [4.78, 5) is 45.3. The highest BCUT2D eigenvalue weighted by molar-refractivity contribution is 6.05. The normalized spacial score (nSPS) is 22.4. The van der Waals surface area contributed by atoms with Gasteiger partial charge in [0.2, 0.25) is 11.8 Å². The van der Waals surface area contributed by atoms with Gasteiger partial charge in [0.05, 0.1) is 12.0 Å². The van der Waals surface area contributed by atoms with Crippen LogP contribution in [0, 0.1) is 5.92 Å². The zero-order chi connectivity index (χ0) is 19.3. The van der Waals surface area contributed by atoms with Crippen molar-refractivity contribution in [1.82, 2.24) is 20.1 Å². The third-order valence-corrected chi connectivity index (χ3v) is 5.92. The van der Waals surface area contributed by atoms with Crippen LogP contribution >= 0.6 is 0 Å². The van der Waals surface area contributed by atoms with Crippen LogP contribution in [-0.4, -0.2) is 64.2 Å². The van der Waals surface area contributed by atoms with E-state index in [-0.39, 0.29) is 36.1 Å². The standard InChI is InChI=1S/C21H22N4O3/c26-18-9-14(20(27)23-15-5-6-15)10-25(18)16-11-24(12-16)21(28)19-17-4-2-1-3-13(17)7-8-22-19/h1-4,7-8,14-16H,5-6,9-12H2,(H,23,27). The fourth-order valence-corrected chi connectivity index (χ4v) is 4.06. The third-order valence-electron chi connectivity index (χ3n) is 5.92. The summed E-state index contributed by atoms with van der Waals surface area (Å²) in [5, 5.41) is 4.81. The van der Waals surface area contributed by atoms with Crippen molar-refractivity contribution in [2.75, 3.05) is 19.6 Å². The molecule has 1 aliphatic carbocycles. The Hall–Kier alpha value is -2.96. The van der Waals surface area contributed by atoms with Crippen LogP contribution in [0.25, 0.3) is 10.8 Å². The molecule has 1 saturated carbocycles. The van der Waals surface area contributed by atoms with Crippen LogP contribution in [-0.2, 0) is 9.59 Å². The average Bonchev–Trinajstić information content (AvgIpc) is 3.40. The summed E-state index contributed by atoms with van der Waals surface area (Å²) in [6.07, 6.45) is 4.00. The van der Waals surface area contributed by atoms with Gasteiger partial charge in [-0.3, -0.25) is 19.4 Å². The molecule has 0 spiro atoms. The highest BCUT2D eigenvalue weighted by Gasteiger charge is 2.44. The predicted octanol–water partition coefficient (Wildman–Crippen LogP) is 1.19.